The second-order valence-electron chi connectivity index (χ2n) is 7.90. The van der Waals surface area contributed by atoms with Gasteiger partial charge in [-0.2, -0.15) is 0 Å². The number of anilines is 1. The maximum Gasteiger partial charge on any atom is 0.390 e. The highest BCUT2D eigenvalue weighted by molar-refractivity contribution is 7.53. The van der Waals surface area contributed by atoms with E-state index in [1.807, 2.05) is 54.6 Å². The highest BCUT2D eigenvalue weighted by Crippen LogP contribution is 2.42. The lowest BCUT2D eigenvalue weighted by atomic mass is 10.0. The normalized spacial score (nSPS) is 13.5. The van der Waals surface area contributed by atoms with Crippen LogP contribution < -0.4 is 15.2 Å². The standard InChI is InChI=1S/C24H25N6O4P/c1-17(31)26-21-11-13-22(14-12-21)34-35(32,33)16-25-23(24-27-29-30-28-24)15-18-7-9-20(10-8-18)19-5-3-2-4-6-19/h2-14,23,25H,15-16H2,1H3,(H,26,31)(H,32,33)(H,27,28,29,30)/t23-/m0/s1. The summed E-state index contributed by atoms with van der Waals surface area (Å²) in [5.74, 6) is 0.441. The monoisotopic (exact) mass is 492 g/mol. The molecular formula is C24H25N6O4P. The maximum absolute atomic E-state index is 12.7. The number of amides is 1. The topological polar surface area (TPSA) is 142 Å². The van der Waals surface area contributed by atoms with Gasteiger partial charge in [-0.15, -0.1) is 5.10 Å². The van der Waals surface area contributed by atoms with Crippen LogP contribution in [0.2, 0.25) is 0 Å². The molecule has 0 saturated heterocycles. The van der Waals surface area contributed by atoms with E-state index in [9.17, 15) is 14.3 Å². The Morgan fingerprint density at radius 1 is 1.03 bits per heavy atom. The fourth-order valence-corrected chi connectivity index (χ4v) is 4.47. The smallest absolute Gasteiger partial charge is 0.390 e. The molecule has 0 saturated carbocycles. The Morgan fingerprint density at radius 3 is 2.34 bits per heavy atom. The van der Waals surface area contributed by atoms with Gasteiger partial charge in [0.2, 0.25) is 5.91 Å². The second kappa shape index (κ2) is 11.1. The van der Waals surface area contributed by atoms with Crippen LogP contribution in [-0.4, -0.2) is 37.7 Å². The van der Waals surface area contributed by atoms with Gasteiger partial charge in [0.15, 0.2) is 5.82 Å². The maximum atomic E-state index is 12.7. The Bertz CT molecular complexity index is 1280. The third kappa shape index (κ3) is 7.07. The minimum atomic E-state index is -4.05. The molecule has 1 amide bonds. The van der Waals surface area contributed by atoms with Crippen molar-refractivity contribution in [3.63, 3.8) is 0 Å². The number of aromatic nitrogens is 4. The molecular weight excluding hydrogens is 467 g/mol. The van der Waals surface area contributed by atoms with Crippen LogP contribution in [0.4, 0.5) is 5.69 Å². The number of rotatable bonds is 10. The molecule has 11 heteroatoms. The van der Waals surface area contributed by atoms with E-state index in [-0.39, 0.29) is 17.9 Å². The van der Waals surface area contributed by atoms with Crippen molar-refractivity contribution in [1.29, 1.82) is 0 Å². The highest BCUT2D eigenvalue weighted by atomic mass is 31.2. The Balaban J connectivity index is 1.40. The van der Waals surface area contributed by atoms with E-state index in [1.54, 1.807) is 12.1 Å². The van der Waals surface area contributed by atoms with Crippen LogP contribution in [0.3, 0.4) is 0 Å². The number of nitrogens with one attached hydrogen (secondary N) is 3. The van der Waals surface area contributed by atoms with Crippen molar-refractivity contribution in [3.8, 4) is 16.9 Å². The quantitative estimate of drug-likeness (QED) is 0.244. The van der Waals surface area contributed by atoms with Crippen LogP contribution in [0.5, 0.6) is 5.75 Å². The highest BCUT2D eigenvalue weighted by Gasteiger charge is 2.25. The molecule has 0 radical (unpaired) electrons. The number of H-pyrrole nitrogens is 1. The summed E-state index contributed by atoms with van der Waals surface area (Å²) in [6.07, 6.45) is 0.158. The van der Waals surface area contributed by atoms with E-state index in [0.717, 1.165) is 16.7 Å². The van der Waals surface area contributed by atoms with Gasteiger partial charge in [0, 0.05) is 12.6 Å². The molecule has 10 nitrogen and oxygen atoms in total. The molecule has 35 heavy (non-hydrogen) atoms. The largest absolute Gasteiger partial charge is 0.424 e. The summed E-state index contributed by atoms with van der Waals surface area (Å²) in [5.41, 5.74) is 3.78. The molecule has 1 aromatic heterocycles. The first-order valence-electron chi connectivity index (χ1n) is 10.9. The van der Waals surface area contributed by atoms with Gasteiger partial charge in [0.05, 0.1) is 6.04 Å². The molecule has 4 rings (SSSR count). The summed E-state index contributed by atoms with van der Waals surface area (Å²) in [4.78, 5) is 21.5. The molecule has 0 aliphatic heterocycles. The van der Waals surface area contributed by atoms with Crippen molar-refractivity contribution in [1.82, 2.24) is 25.9 Å². The van der Waals surface area contributed by atoms with Crippen molar-refractivity contribution >= 4 is 19.2 Å². The summed E-state index contributed by atoms with van der Waals surface area (Å²) < 4.78 is 18.0. The summed E-state index contributed by atoms with van der Waals surface area (Å²) in [6, 6.07) is 23.9. The Morgan fingerprint density at radius 2 is 1.71 bits per heavy atom. The van der Waals surface area contributed by atoms with Crippen molar-refractivity contribution in [3.05, 3.63) is 90.3 Å². The summed E-state index contributed by atoms with van der Waals surface area (Å²) in [5, 5.41) is 19.6. The molecule has 0 aliphatic carbocycles. The molecule has 0 fully saturated rings. The fourth-order valence-electron chi connectivity index (χ4n) is 3.50. The predicted octanol–water partition coefficient (Wildman–Crippen LogP) is 3.92. The first-order valence-corrected chi connectivity index (χ1v) is 12.6. The van der Waals surface area contributed by atoms with Gasteiger partial charge < -0.3 is 14.7 Å². The van der Waals surface area contributed by atoms with Gasteiger partial charge >= 0.3 is 7.60 Å². The SMILES string of the molecule is CC(=O)Nc1ccc(OP(=O)(O)CN[C@@H](Cc2ccc(-c3ccccc3)cc2)c2nnn[nH]2)cc1. The van der Waals surface area contributed by atoms with Gasteiger partial charge in [-0.05, 0) is 57.8 Å². The van der Waals surface area contributed by atoms with Crippen LogP contribution in [0, 0.1) is 0 Å². The Labute approximate surface area is 202 Å². The minimum Gasteiger partial charge on any atom is -0.424 e. The van der Waals surface area contributed by atoms with Gasteiger partial charge in [-0.3, -0.25) is 10.1 Å². The number of hydrogen-bond donors (Lipinski definition) is 4. The van der Waals surface area contributed by atoms with Gasteiger partial charge in [0.1, 0.15) is 12.0 Å². The number of benzene rings is 3. The van der Waals surface area contributed by atoms with E-state index >= 15 is 0 Å². The third-order valence-electron chi connectivity index (χ3n) is 5.15. The van der Waals surface area contributed by atoms with E-state index in [4.69, 9.17) is 4.52 Å². The van der Waals surface area contributed by atoms with Gasteiger partial charge in [0.25, 0.3) is 0 Å². The van der Waals surface area contributed by atoms with E-state index < -0.39 is 13.6 Å². The molecule has 180 valence electrons. The third-order valence-corrected chi connectivity index (χ3v) is 6.23. The number of aromatic amines is 1. The van der Waals surface area contributed by atoms with Crippen molar-refractivity contribution in [2.75, 3.05) is 11.6 Å². The van der Waals surface area contributed by atoms with Crippen molar-refractivity contribution in [2.45, 2.75) is 19.4 Å². The Kier molecular flexibility index (Phi) is 7.67. The molecule has 1 unspecified atom stereocenters. The summed E-state index contributed by atoms with van der Waals surface area (Å²) >= 11 is 0. The number of nitrogens with zero attached hydrogens (tertiary/aromatic N) is 3. The molecule has 1 heterocycles. The first kappa shape index (κ1) is 24.3. The lowest BCUT2D eigenvalue weighted by molar-refractivity contribution is -0.114. The minimum absolute atomic E-state index is 0.209. The number of hydrogen-bond acceptors (Lipinski definition) is 7. The van der Waals surface area contributed by atoms with Gasteiger partial charge in [-0.1, -0.05) is 54.6 Å². The molecule has 4 aromatic rings. The lowest BCUT2D eigenvalue weighted by Crippen LogP contribution is -2.26. The van der Waals surface area contributed by atoms with Gasteiger partial charge in [-0.25, -0.2) is 9.66 Å². The van der Waals surface area contributed by atoms with E-state index in [2.05, 4.69) is 31.3 Å². The first-order chi connectivity index (χ1) is 16.9. The van der Waals surface area contributed by atoms with Crippen LogP contribution in [0.15, 0.2) is 78.9 Å². The number of carbonyl (C=O) groups excluding carboxylic acids is 1. The zero-order chi connectivity index (χ0) is 24.7. The molecule has 0 spiro atoms. The molecule has 0 bridgehead atoms. The number of tetrazole rings is 1. The number of carbonyl (C=O) groups is 1. The molecule has 4 N–H and O–H groups in total. The summed E-state index contributed by atoms with van der Waals surface area (Å²) in [6.45, 7) is 1.40. The zero-order valence-electron chi connectivity index (χ0n) is 19.0. The molecule has 0 aliphatic rings. The second-order valence-corrected chi connectivity index (χ2v) is 9.68. The van der Waals surface area contributed by atoms with E-state index in [0.29, 0.717) is 17.9 Å². The van der Waals surface area contributed by atoms with E-state index in [1.165, 1.54) is 19.1 Å². The van der Waals surface area contributed by atoms with Crippen molar-refractivity contribution in [2.24, 2.45) is 0 Å². The lowest BCUT2D eigenvalue weighted by Gasteiger charge is -2.19. The van der Waals surface area contributed by atoms with Crippen LogP contribution in [0.25, 0.3) is 11.1 Å². The zero-order valence-corrected chi connectivity index (χ0v) is 19.9. The van der Waals surface area contributed by atoms with Crippen LogP contribution in [-0.2, 0) is 15.8 Å². The van der Waals surface area contributed by atoms with Crippen LogP contribution in [0.1, 0.15) is 24.4 Å². The Hall–Kier alpha value is -3.85. The summed E-state index contributed by atoms with van der Waals surface area (Å²) in [7, 11) is -4.05. The average molecular weight is 492 g/mol. The molecule has 2 atom stereocenters. The van der Waals surface area contributed by atoms with Crippen LogP contribution >= 0.6 is 7.60 Å². The fraction of sp³-hybridized carbons (Fsp3) is 0.167. The average Bonchev–Trinajstić information content (AvgIpc) is 3.38. The van der Waals surface area contributed by atoms with Crippen molar-refractivity contribution < 1.29 is 18.8 Å². The predicted molar refractivity (Wildman–Crippen MR) is 132 cm³/mol. The molecule has 3 aromatic carbocycles.